The Morgan fingerprint density at radius 1 is 1.12 bits per heavy atom. The third-order valence-electron chi connectivity index (χ3n) is 3.18. The molecule has 16 heavy (non-hydrogen) atoms. The van der Waals surface area contributed by atoms with Gasteiger partial charge >= 0.3 is 0 Å². The van der Waals surface area contributed by atoms with Crippen molar-refractivity contribution in [1.29, 1.82) is 0 Å². The van der Waals surface area contributed by atoms with Gasteiger partial charge in [0.05, 0.1) is 0 Å². The fourth-order valence-corrected chi connectivity index (χ4v) is 3.57. The lowest BCUT2D eigenvalue weighted by Gasteiger charge is -2.31. The zero-order chi connectivity index (χ0) is 11.6. The Labute approximate surface area is 97.8 Å². The zero-order valence-corrected chi connectivity index (χ0v) is 10.6. The first kappa shape index (κ1) is 12.3. The number of nitrogens with one attached hydrogen (secondary N) is 2. The van der Waals surface area contributed by atoms with Crippen LogP contribution in [0.2, 0.25) is 0 Å². The van der Waals surface area contributed by atoms with Gasteiger partial charge in [-0.05, 0) is 32.2 Å². The molecule has 1 aliphatic carbocycles. The van der Waals surface area contributed by atoms with Gasteiger partial charge in [0.1, 0.15) is 0 Å². The van der Waals surface area contributed by atoms with Crippen LogP contribution in [0.15, 0.2) is 0 Å². The first-order valence-electron chi connectivity index (χ1n) is 6.12. The van der Waals surface area contributed by atoms with Gasteiger partial charge in [0.2, 0.25) is 0 Å². The molecule has 5 nitrogen and oxygen atoms in total. The Morgan fingerprint density at radius 3 is 2.25 bits per heavy atom. The Bertz CT molecular complexity index is 319. The van der Waals surface area contributed by atoms with Crippen molar-refractivity contribution in [2.75, 3.05) is 19.6 Å². The van der Waals surface area contributed by atoms with E-state index in [-0.39, 0.29) is 6.04 Å². The first-order chi connectivity index (χ1) is 7.62. The highest BCUT2D eigenvalue weighted by atomic mass is 32.2. The number of piperidine rings is 1. The van der Waals surface area contributed by atoms with Gasteiger partial charge < -0.3 is 5.32 Å². The Hall–Kier alpha value is -0.170. The summed E-state index contributed by atoms with van der Waals surface area (Å²) in [6.07, 6.45) is 3.82. The lowest BCUT2D eigenvalue weighted by atomic mass is 10.1. The van der Waals surface area contributed by atoms with Crippen LogP contribution >= 0.6 is 0 Å². The summed E-state index contributed by atoms with van der Waals surface area (Å²) in [4.78, 5) is 0. The van der Waals surface area contributed by atoms with Crippen LogP contribution in [0.1, 0.15) is 32.6 Å². The van der Waals surface area contributed by atoms with Crippen LogP contribution in [0, 0.1) is 0 Å². The molecule has 2 aliphatic rings. The van der Waals surface area contributed by atoms with Crippen molar-refractivity contribution < 1.29 is 8.42 Å². The lowest BCUT2D eigenvalue weighted by molar-refractivity contribution is 0.289. The van der Waals surface area contributed by atoms with Crippen molar-refractivity contribution in [1.82, 2.24) is 14.3 Å². The van der Waals surface area contributed by atoms with Crippen LogP contribution in [0.4, 0.5) is 0 Å². The summed E-state index contributed by atoms with van der Waals surface area (Å²) in [5.41, 5.74) is 0. The molecule has 0 amide bonds. The molecule has 1 heterocycles. The second-order valence-electron chi connectivity index (χ2n) is 4.63. The van der Waals surface area contributed by atoms with E-state index < -0.39 is 10.2 Å². The average Bonchev–Trinajstić information content (AvgIpc) is 3.02. The average molecular weight is 247 g/mol. The molecule has 6 heteroatoms. The Kier molecular flexibility index (Phi) is 3.84. The minimum Gasteiger partial charge on any atom is -0.314 e. The number of nitrogens with zero attached hydrogens (tertiary/aromatic N) is 1. The summed E-state index contributed by atoms with van der Waals surface area (Å²) in [5.74, 6) is 0. The van der Waals surface area contributed by atoms with Crippen LogP contribution in [-0.4, -0.2) is 44.4 Å². The van der Waals surface area contributed by atoms with Crippen LogP contribution in [-0.2, 0) is 10.2 Å². The van der Waals surface area contributed by atoms with Gasteiger partial charge in [-0.15, -0.1) is 0 Å². The van der Waals surface area contributed by atoms with Crippen molar-refractivity contribution in [3.8, 4) is 0 Å². The molecule has 94 valence electrons. The Morgan fingerprint density at radius 2 is 1.75 bits per heavy atom. The molecule has 0 spiro atoms. The molecule has 0 atom stereocenters. The van der Waals surface area contributed by atoms with E-state index in [1.165, 1.54) is 0 Å². The zero-order valence-electron chi connectivity index (χ0n) is 9.78. The molecule has 2 rings (SSSR count). The first-order valence-corrected chi connectivity index (χ1v) is 7.56. The third kappa shape index (κ3) is 3.16. The SMILES string of the molecule is CCNC1CCN(S(=O)(=O)NC2CC2)CC1. The topological polar surface area (TPSA) is 61.4 Å². The van der Waals surface area contributed by atoms with Gasteiger partial charge in [-0.25, -0.2) is 0 Å². The van der Waals surface area contributed by atoms with E-state index >= 15 is 0 Å². The van der Waals surface area contributed by atoms with Gasteiger partial charge in [0.25, 0.3) is 10.2 Å². The molecule has 1 saturated heterocycles. The number of hydrogen-bond donors (Lipinski definition) is 2. The van der Waals surface area contributed by atoms with E-state index in [9.17, 15) is 8.42 Å². The van der Waals surface area contributed by atoms with E-state index in [1.807, 2.05) is 0 Å². The summed E-state index contributed by atoms with van der Waals surface area (Å²) in [6.45, 7) is 4.31. The molecular weight excluding hydrogens is 226 g/mol. The molecule has 0 radical (unpaired) electrons. The molecule has 0 aromatic rings. The summed E-state index contributed by atoms with van der Waals surface area (Å²) in [5, 5.41) is 3.37. The van der Waals surface area contributed by atoms with E-state index in [4.69, 9.17) is 0 Å². The minimum atomic E-state index is -3.20. The summed E-state index contributed by atoms with van der Waals surface area (Å²) in [7, 11) is -3.20. The van der Waals surface area contributed by atoms with Gasteiger partial charge in [-0.3, -0.25) is 0 Å². The van der Waals surface area contributed by atoms with Gasteiger partial charge in [-0.1, -0.05) is 6.92 Å². The molecule has 0 unspecified atom stereocenters. The van der Waals surface area contributed by atoms with E-state index in [2.05, 4.69) is 17.0 Å². The summed E-state index contributed by atoms with van der Waals surface area (Å²) >= 11 is 0. The van der Waals surface area contributed by atoms with Crippen molar-refractivity contribution in [3.63, 3.8) is 0 Å². The fourth-order valence-electron chi connectivity index (χ4n) is 2.08. The quantitative estimate of drug-likeness (QED) is 0.722. The molecule has 2 fully saturated rings. The lowest BCUT2D eigenvalue weighted by Crippen LogP contribution is -2.49. The number of hydrogen-bond acceptors (Lipinski definition) is 3. The molecule has 1 aliphatic heterocycles. The molecule has 0 aromatic heterocycles. The highest BCUT2D eigenvalue weighted by Gasteiger charge is 2.32. The maximum atomic E-state index is 11.9. The van der Waals surface area contributed by atoms with Crippen molar-refractivity contribution in [2.24, 2.45) is 0 Å². The predicted molar refractivity (Wildman–Crippen MR) is 63.3 cm³/mol. The molecule has 1 saturated carbocycles. The van der Waals surface area contributed by atoms with Crippen molar-refractivity contribution in [2.45, 2.75) is 44.7 Å². The molecular formula is C10H21N3O2S. The maximum Gasteiger partial charge on any atom is 0.279 e. The normalized spacial score (nSPS) is 24.8. The van der Waals surface area contributed by atoms with Crippen LogP contribution in [0.3, 0.4) is 0 Å². The maximum absolute atomic E-state index is 11.9. The predicted octanol–water partition coefficient (Wildman–Crippen LogP) is 0.0571. The molecule has 0 bridgehead atoms. The van der Waals surface area contributed by atoms with E-state index in [0.717, 1.165) is 32.2 Å². The van der Waals surface area contributed by atoms with Gasteiger partial charge in [-0.2, -0.15) is 17.4 Å². The second-order valence-corrected chi connectivity index (χ2v) is 6.33. The van der Waals surface area contributed by atoms with Crippen LogP contribution in [0.5, 0.6) is 0 Å². The molecule has 0 aromatic carbocycles. The van der Waals surface area contributed by atoms with Crippen LogP contribution in [0.25, 0.3) is 0 Å². The van der Waals surface area contributed by atoms with Gasteiger partial charge in [0.15, 0.2) is 0 Å². The fraction of sp³-hybridized carbons (Fsp3) is 1.00. The van der Waals surface area contributed by atoms with Crippen LogP contribution < -0.4 is 10.0 Å². The number of rotatable bonds is 5. The van der Waals surface area contributed by atoms with Gasteiger partial charge in [0, 0.05) is 25.2 Å². The molecule has 2 N–H and O–H groups in total. The smallest absolute Gasteiger partial charge is 0.279 e. The monoisotopic (exact) mass is 247 g/mol. The standard InChI is InChI=1S/C10H21N3O2S/c1-2-11-9-5-7-13(8-6-9)16(14,15)12-10-3-4-10/h9-12H,2-8H2,1H3. The minimum absolute atomic E-state index is 0.205. The largest absolute Gasteiger partial charge is 0.314 e. The highest BCUT2D eigenvalue weighted by molar-refractivity contribution is 7.87. The summed E-state index contributed by atoms with van der Waals surface area (Å²) in [6, 6.07) is 0.689. The van der Waals surface area contributed by atoms with Crippen molar-refractivity contribution >= 4 is 10.2 Å². The van der Waals surface area contributed by atoms with E-state index in [0.29, 0.717) is 19.1 Å². The second kappa shape index (κ2) is 5.00. The highest BCUT2D eigenvalue weighted by Crippen LogP contribution is 2.22. The Balaban J connectivity index is 1.82. The van der Waals surface area contributed by atoms with E-state index in [1.54, 1.807) is 4.31 Å². The summed E-state index contributed by atoms with van der Waals surface area (Å²) < 4.78 is 28.1. The third-order valence-corrected chi connectivity index (χ3v) is 4.86. The van der Waals surface area contributed by atoms with Crippen molar-refractivity contribution in [3.05, 3.63) is 0 Å².